The van der Waals surface area contributed by atoms with Gasteiger partial charge in [0.2, 0.25) is 0 Å². The fourth-order valence-corrected chi connectivity index (χ4v) is 10.1. The lowest BCUT2D eigenvalue weighted by molar-refractivity contribution is -0.244. The zero-order valence-corrected chi connectivity index (χ0v) is 21.1. The molecule has 0 amide bonds. The van der Waals surface area contributed by atoms with Crippen LogP contribution in [0.1, 0.15) is 105 Å². The van der Waals surface area contributed by atoms with Crippen LogP contribution in [-0.2, 0) is 4.79 Å². The molecular weight excluding hydrogens is 400 g/mol. The first-order chi connectivity index (χ1) is 15.0. The van der Waals surface area contributed by atoms with E-state index < -0.39 is 5.97 Å². The molecule has 0 heterocycles. The highest BCUT2D eigenvalue weighted by Crippen LogP contribution is 2.73. The van der Waals surface area contributed by atoms with Gasteiger partial charge in [-0.2, -0.15) is 0 Å². The monoisotopic (exact) mass is 448 g/mol. The molecule has 0 aromatic rings. The second kappa shape index (κ2) is 8.56. The van der Waals surface area contributed by atoms with E-state index in [0.717, 1.165) is 38.5 Å². The quantitative estimate of drug-likeness (QED) is 0.473. The Bertz CT molecular complexity index is 708. The Hall–Kier alpha value is -0.610. The lowest BCUT2D eigenvalue weighted by Crippen LogP contribution is -2.66. The third-order valence-electron chi connectivity index (χ3n) is 11.9. The van der Waals surface area contributed by atoms with Gasteiger partial charge in [-0.3, -0.25) is 4.79 Å². The van der Waals surface area contributed by atoms with Crippen LogP contribution in [0.4, 0.5) is 0 Å². The molecule has 11 atom stereocenters. The molecule has 4 nitrogen and oxygen atoms in total. The maximum absolute atomic E-state index is 12.0. The van der Waals surface area contributed by atoms with Crippen molar-refractivity contribution in [2.75, 3.05) is 0 Å². The van der Waals surface area contributed by atoms with E-state index in [1.54, 1.807) is 0 Å². The number of aliphatic hydroxyl groups is 2. The number of aliphatic hydroxyl groups excluding tert-OH is 2. The summed E-state index contributed by atoms with van der Waals surface area (Å²) in [6.07, 6.45) is 10.2. The molecule has 0 bridgehead atoms. The van der Waals surface area contributed by atoms with Crippen molar-refractivity contribution < 1.29 is 20.1 Å². The molecule has 0 radical (unpaired) electrons. The van der Waals surface area contributed by atoms with Crippen LogP contribution in [0.3, 0.4) is 0 Å². The minimum absolute atomic E-state index is 0.00177. The van der Waals surface area contributed by atoms with E-state index in [1.165, 1.54) is 25.7 Å². The smallest absolute Gasteiger partial charge is 0.303 e. The van der Waals surface area contributed by atoms with E-state index in [1.807, 2.05) is 0 Å². The van der Waals surface area contributed by atoms with E-state index in [-0.39, 0.29) is 40.8 Å². The number of hydrogen-bond acceptors (Lipinski definition) is 3. The van der Waals surface area contributed by atoms with Gasteiger partial charge in [0.1, 0.15) is 0 Å². The van der Waals surface area contributed by atoms with Crippen LogP contribution in [0, 0.1) is 51.8 Å². The van der Waals surface area contributed by atoms with Gasteiger partial charge in [0.15, 0.2) is 0 Å². The zero-order chi connectivity index (χ0) is 23.5. The molecule has 4 fully saturated rings. The Morgan fingerprint density at radius 3 is 2.38 bits per heavy atom. The predicted octanol–water partition coefficient (Wildman–Crippen LogP) is 5.89. The maximum Gasteiger partial charge on any atom is 0.303 e. The van der Waals surface area contributed by atoms with Gasteiger partial charge in [-0.25, -0.2) is 0 Å². The molecule has 0 aliphatic heterocycles. The van der Waals surface area contributed by atoms with Gasteiger partial charge in [0.25, 0.3) is 0 Å². The first-order valence-electron chi connectivity index (χ1n) is 13.6. The van der Waals surface area contributed by atoms with Crippen molar-refractivity contribution in [2.24, 2.45) is 51.8 Å². The van der Waals surface area contributed by atoms with Crippen LogP contribution in [0.5, 0.6) is 0 Å². The van der Waals surface area contributed by atoms with Gasteiger partial charge >= 0.3 is 5.97 Å². The Morgan fingerprint density at radius 2 is 1.72 bits per heavy atom. The normalized spacial score (nSPS) is 51.4. The summed E-state index contributed by atoms with van der Waals surface area (Å²) in [6, 6.07) is 0. The van der Waals surface area contributed by atoms with Crippen LogP contribution >= 0.6 is 0 Å². The molecule has 4 rings (SSSR count). The van der Waals surface area contributed by atoms with E-state index >= 15 is 0 Å². The highest BCUT2D eigenvalue weighted by Gasteiger charge is 2.68. The first-order valence-corrected chi connectivity index (χ1v) is 13.6. The largest absolute Gasteiger partial charge is 0.481 e. The number of carbonyl (C=O) groups is 1. The highest BCUT2D eigenvalue weighted by molar-refractivity contribution is 5.66. The molecule has 0 saturated heterocycles. The van der Waals surface area contributed by atoms with Crippen LogP contribution in [-0.4, -0.2) is 33.5 Å². The lowest BCUT2D eigenvalue weighted by atomic mass is 9.36. The number of aliphatic carboxylic acids is 1. The molecule has 184 valence electrons. The number of carboxylic acids is 1. The van der Waals surface area contributed by atoms with Crippen molar-refractivity contribution in [3.05, 3.63) is 0 Å². The predicted molar refractivity (Wildman–Crippen MR) is 127 cm³/mol. The molecule has 0 aromatic carbocycles. The number of rotatable bonds is 6. The van der Waals surface area contributed by atoms with Gasteiger partial charge < -0.3 is 15.3 Å². The Morgan fingerprint density at radius 1 is 1.00 bits per heavy atom. The molecule has 4 heteroatoms. The molecular formula is C28H48O4. The van der Waals surface area contributed by atoms with Crippen molar-refractivity contribution in [3.8, 4) is 0 Å². The van der Waals surface area contributed by atoms with Crippen molar-refractivity contribution >= 4 is 5.97 Å². The molecule has 4 aliphatic carbocycles. The fraction of sp³-hybridized carbons (Fsp3) is 0.964. The number of hydrogen-bond donors (Lipinski definition) is 3. The summed E-state index contributed by atoms with van der Waals surface area (Å²) >= 11 is 0. The van der Waals surface area contributed by atoms with E-state index in [2.05, 4.69) is 34.6 Å². The minimum Gasteiger partial charge on any atom is -0.481 e. The van der Waals surface area contributed by atoms with Crippen LogP contribution < -0.4 is 0 Å². The Balaban J connectivity index is 1.66. The second-order valence-corrected chi connectivity index (χ2v) is 13.0. The van der Waals surface area contributed by atoms with Gasteiger partial charge in [-0.1, -0.05) is 41.0 Å². The topological polar surface area (TPSA) is 77.8 Å². The summed E-state index contributed by atoms with van der Waals surface area (Å²) < 4.78 is 0. The van der Waals surface area contributed by atoms with Gasteiger partial charge in [0, 0.05) is 6.42 Å². The molecule has 0 spiro atoms. The average molecular weight is 449 g/mol. The summed E-state index contributed by atoms with van der Waals surface area (Å²) in [5, 5.41) is 31.9. The van der Waals surface area contributed by atoms with Gasteiger partial charge in [-0.05, 0) is 110 Å². The molecule has 3 N–H and O–H groups in total. The molecule has 0 aromatic heterocycles. The van der Waals surface area contributed by atoms with Crippen molar-refractivity contribution in [3.63, 3.8) is 0 Å². The van der Waals surface area contributed by atoms with Crippen molar-refractivity contribution in [1.29, 1.82) is 0 Å². The standard InChI is InChI=1S/C28H48O4/c1-6-7-22-25(32)24-20-10-9-19(17(2)8-11-23(30)31)26(20,3)14-13-21(24)27(4)15-12-18(29)16-28(22,27)5/h17-22,24-25,29,32H,6-16H2,1-5H3,(H,30,31)/t17?,18-,19-,20?,21?,22+,24+,25-,26-,27-,28+/m1/s1. The number of carboxylic acid groups (broad SMARTS) is 1. The molecule has 3 unspecified atom stereocenters. The Labute approximate surface area is 195 Å². The summed E-state index contributed by atoms with van der Waals surface area (Å²) in [6.45, 7) is 11.9. The van der Waals surface area contributed by atoms with E-state index in [4.69, 9.17) is 0 Å². The molecule has 32 heavy (non-hydrogen) atoms. The van der Waals surface area contributed by atoms with Crippen molar-refractivity contribution in [1.82, 2.24) is 0 Å². The SMILES string of the molecule is CCC[C@H]1[C@@H](O)[C@H]2C3CC[C@H](C(C)CCC(=O)O)[C@@]3(C)CCC2[C@@]2(C)CC[C@@H](O)C[C@@]12C. The minimum atomic E-state index is -0.683. The lowest BCUT2D eigenvalue weighted by Gasteiger charge is -2.69. The van der Waals surface area contributed by atoms with Crippen LogP contribution in [0.2, 0.25) is 0 Å². The maximum atomic E-state index is 12.0. The summed E-state index contributed by atoms with van der Waals surface area (Å²) in [4.78, 5) is 11.2. The third-order valence-corrected chi connectivity index (χ3v) is 11.9. The van der Waals surface area contributed by atoms with E-state index in [0.29, 0.717) is 29.6 Å². The highest BCUT2D eigenvalue weighted by atomic mass is 16.4. The molecule has 4 aliphatic rings. The van der Waals surface area contributed by atoms with E-state index in [9.17, 15) is 20.1 Å². The van der Waals surface area contributed by atoms with Crippen LogP contribution in [0.25, 0.3) is 0 Å². The average Bonchev–Trinajstić information content (AvgIpc) is 3.08. The zero-order valence-electron chi connectivity index (χ0n) is 21.1. The van der Waals surface area contributed by atoms with Crippen LogP contribution in [0.15, 0.2) is 0 Å². The fourth-order valence-electron chi connectivity index (χ4n) is 10.1. The van der Waals surface area contributed by atoms with Crippen molar-refractivity contribution in [2.45, 2.75) is 117 Å². The summed E-state index contributed by atoms with van der Waals surface area (Å²) in [5.74, 6) is 2.01. The number of fused-ring (bicyclic) bond motifs is 5. The Kier molecular flexibility index (Phi) is 6.55. The van der Waals surface area contributed by atoms with Gasteiger partial charge in [-0.15, -0.1) is 0 Å². The second-order valence-electron chi connectivity index (χ2n) is 13.0. The molecule has 4 saturated carbocycles. The third kappa shape index (κ3) is 3.49. The first kappa shape index (κ1) is 24.5. The summed E-state index contributed by atoms with van der Waals surface area (Å²) in [5.41, 5.74) is 0.404. The van der Waals surface area contributed by atoms with Gasteiger partial charge in [0.05, 0.1) is 12.2 Å². The summed E-state index contributed by atoms with van der Waals surface area (Å²) in [7, 11) is 0.